The van der Waals surface area contributed by atoms with Gasteiger partial charge in [0, 0.05) is 5.03 Å². The second-order valence-corrected chi connectivity index (χ2v) is 9.51. The van der Waals surface area contributed by atoms with Crippen molar-refractivity contribution in [2.45, 2.75) is 21.0 Å². The van der Waals surface area contributed by atoms with E-state index in [1.165, 1.54) is 6.08 Å². The third-order valence-corrected chi connectivity index (χ3v) is 8.85. The number of hydrogen-bond acceptors (Lipinski definition) is 3. The Morgan fingerprint density at radius 3 is 1.88 bits per heavy atom. The minimum absolute atomic E-state index is 0.0986. The molecule has 1 aliphatic heterocycles. The summed E-state index contributed by atoms with van der Waals surface area (Å²) in [5.41, 5.74) is 0. The van der Waals surface area contributed by atoms with E-state index in [0.717, 1.165) is 0 Å². The van der Waals surface area contributed by atoms with Crippen LogP contribution in [0.1, 0.15) is 6.92 Å². The van der Waals surface area contributed by atoms with Gasteiger partial charge in [-0.1, -0.05) is 58.0 Å². The number of carbonyl (C=O) groups excluding carboxylic acids is 2. The molecule has 4 nitrogen and oxygen atoms in total. The second kappa shape index (κ2) is 5.80. The molecule has 3 rings (SSSR count). The Hall–Kier alpha value is 0.610. The van der Waals surface area contributed by atoms with Crippen molar-refractivity contribution < 1.29 is 14.4 Å². The second-order valence-electron chi connectivity index (χ2n) is 5.64. The highest BCUT2D eigenvalue weighted by atomic mass is 35.5. The molecule has 0 radical (unpaired) electrons. The number of alkyl halides is 4. The summed E-state index contributed by atoms with van der Waals surface area (Å²) in [6, 6.07) is 0. The number of carbonyl (C=O) groups is 2. The Morgan fingerprint density at radius 1 is 1.08 bits per heavy atom. The van der Waals surface area contributed by atoms with Crippen molar-refractivity contribution in [2.75, 3.05) is 6.61 Å². The van der Waals surface area contributed by atoms with E-state index < -0.39 is 37.7 Å². The van der Waals surface area contributed by atoms with Crippen LogP contribution in [0.25, 0.3) is 0 Å². The molecule has 132 valence electrons. The van der Waals surface area contributed by atoms with E-state index in [1.54, 1.807) is 6.92 Å². The Kier molecular flexibility index (Phi) is 4.68. The van der Waals surface area contributed by atoms with Gasteiger partial charge in [0.15, 0.2) is 4.33 Å². The summed E-state index contributed by atoms with van der Waals surface area (Å²) in [6.45, 7) is 1.52. The largest absolute Gasteiger partial charge is 0.272 e. The van der Waals surface area contributed by atoms with Crippen LogP contribution < -0.4 is 0 Å². The van der Waals surface area contributed by atoms with Gasteiger partial charge in [0.05, 0.1) is 28.5 Å². The molecule has 0 N–H and O–H groups in total. The molecule has 0 aromatic rings. The monoisotopic (exact) mass is 471 g/mol. The molecule has 0 aromatic carbocycles. The lowest BCUT2D eigenvalue weighted by Gasteiger charge is -2.34. The highest BCUT2D eigenvalue weighted by Crippen LogP contribution is 2.77. The maximum atomic E-state index is 12.7. The van der Waals surface area contributed by atoms with Crippen molar-refractivity contribution >= 4 is 93.0 Å². The number of fused-ring (bicyclic) bond motifs is 5. The molecule has 11 heteroatoms. The predicted octanol–water partition coefficient (Wildman–Crippen LogP) is 4.51. The first kappa shape index (κ1) is 19.4. The van der Waals surface area contributed by atoms with Crippen molar-refractivity contribution in [3.8, 4) is 0 Å². The Bertz CT molecular complexity index is 670. The van der Waals surface area contributed by atoms with E-state index >= 15 is 0 Å². The van der Waals surface area contributed by atoms with Crippen LogP contribution in [0, 0.1) is 11.8 Å². The smallest absolute Gasteiger partial charge is 0.259 e. The van der Waals surface area contributed by atoms with Crippen LogP contribution in [-0.4, -0.2) is 37.6 Å². The maximum Gasteiger partial charge on any atom is 0.259 e. The summed E-state index contributed by atoms with van der Waals surface area (Å²) in [5.74, 6) is -3.88. The number of allylic oxidation sites excluding steroid dienone is 3. The van der Waals surface area contributed by atoms with Crippen molar-refractivity contribution in [1.82, 2.24) is 5.06 Å². The summed E-state index contributed by atoms with van der Waals surface area (Å²) in [5, 5.41) is 0.728. The topological polar surface area (TPSA) is 46.6 Å². The number of hydrogen-bond donors (Lipinski definition) is 0. The molecular formula is C13H8Cl7NO3. The SMILES string of the molecule is C/C(Cl)=C/CON1C(=O)[C@@H]2[C@@H](C1=O)[C@]1(Cl)C(Cl)=C(Cl)[C@]2(Cl)C1(Cl)Cl. The van der Waals surface area contributed by atoms with Gasteiger partial charge in [-0.3, -0.25) is 14.4 Å². The third kappa shape index (κ3) is 2.00. The van der Waals surface area contributed by atoms with E-state index in [4.69, 9.17) is 86.0 Å². The maximum absolute atomic E-state index is 12.7. The predicted molar refractivity (Wildman–Crippen MR) is 94.7 cm³/mol. The number of rotatable bonds is 3. The van der Waals surface area contributed by atoms with Crippen molar-refractivity contribution in [3.05, 3.63) is 21.2 Å². The van der Waals surface area contributed by atoms with Gasteiger partial charge < -0.3 is 0 Å². The first-order valence-electron chi connectivity index (χ1n) is 6.58. The molecule has 0 unspecified atom stereocenters. The van der Waals surface area contributed by atoms with Crippen LogP contribution in [0.2, 0.25) is 0 Å². The van der Waals surface area contributed by atoms with E-state index in [-0.39, 0.29) is 16.7 Å². The summed E-state index contributed by atoms with van der Waals surface area (Å²) in [7, 11) is 0. The zero-order valence-corrected chi connectivity index (χ0v) is 17.0. The Labute approximate surface area is 172 Å². The van der Waals surface area contributed by atoms with Crippen LogP contribution in [0.5, 0.6) is 0 Å². The fourth-order valence-corrected chi connectivity index (χ4v) is 6.32. The van der Waals surface area contributed by atoms with Crippen LogP contribution in [-0.2, 0) is 14.4 Å². The van der Waals surface area contributed by atoms with Crippen molar-refractivity contribution in [2.24, 2.45) is 11.8 Å². The molecule has 2 aliphatic carbocycles. The molecule has 2 amide bonds. The Morgan fingerprint density at radius 2 is 1.50 bits per heavy atom. The lowest BCUT2D eigenvalue weighted by atomic mass is 9.84. The molecule has 0 aromatic heterocycles. The van der Waals surface area contributed by atoms with Crippen molar-refractivity contribution in [1.29, 1.82) is 0 Å². The fourth-order valence-electron chi connectivity index (χ4n) is 3.32. The average Bonchev–Trinajstić information content (AvgIpc) is 2.86. The Balaban J connectivity index is 2.04. The fraction of sp³-hybridized carbons (Fsp3) is 0.538. The average molecular weight is 474 g/mol. The van der Waals surface area contributed by atoms with E-state index in [0.29, 0.717) is 10.1 Å². The number of halogens is 7. The first-order valence-corrected chi connectivity index (χ1v) is 9.23. The van der Waals surface area contributed by atoms with Gasteiger partial charge in [-0.05, 0) is 13.0 Å². The minimum atomic E-state index is -1.95. The van der Waals surface area contributed by atoms with E-state index in [9.17, 15) is 9.59 Å². The van der Waals surface area contributed by atoms with E-state index in [1.807, 2.05) is 0 Å². The number of amides is 2. The normalized spacial score (nSPS) is 40.8. The van der Waals surface area contributed by atoms with Gasteiger partial charge in [-0.2, -0.15) is 5.06 Å². The number of nitrogens with zero attached hydrogens (tertiary/aromatic N) is 1. The summed E-state index contributed by atoms with van der Waals surface area (Å²) in [6.07, 6.45) is 1.48. The number of imide groups is 1. The third-order valence-electron chi connectivity index (χ3n) is 4.44. The van der Waals surface area contributed by atoms with Crippen LogP contribution in [0.4, 0.5) is 0 Å². The first-order chi connectivity index (χ1) is 10.9. The molecule has 2 bridgehead atoms. The zero-order valence-electron chi connectivity index (χ0n) is 11.8. The van der Waals surface area contributed by atoms with Gasteiger partial charge in [0.25, 0.3) is 11.8 Å². The standard InChI is InChI=1S/C13H8Cl7NO3/c1-4(14)2-3-24-21-9(22)5-6(10(21)23)12(18)8(16)7(15)11(5,17)13(12,19)20/h2,5-6H,3H2,1H3/b4-2-/t5-,6-,11-,12-/m0/s1. The molecule has 1 saturated carbocycles. The minimum Gasteiger partial charge on any atom is -0.272 e. The highest BCUT2D eigenvalue weighted by Gasteiger charge is 2.87. The van der Waals surface area contributed by atoms with E-state index in [2.05, 4.69) is 0 Å². The zero-order chi connectivity index (χ0) is 18.2. The molecule has 1 saturated heterocycles. The van der Waals surface area contributed by atoms with Gasteiger partial charge in [-0.15, -0.1) is 23.2 Å². The lowest BCUT2D eigenvalue weighted by Crippen LogP contribution is -2.50. The lowest BCUT2D eigenvalue weighted by molar-refractivity contribution is -0.186. The molecule has 3 aliphatic rings. The quantitative estimate of drug-likeness (QED) is 0.447. The summed E-state index contributed by atoms with van der Waals surface area (Å²) in [4.78, 5) is 26.9. The summed E-state index contributed by atoms with van der Waals surface area (Å²) < 4.78 is -1.95. The molecule has 1 heterocycles. The molecular weight excluding hydrogens is 466 g/mol. The van der Waals surface area contributed by atoms with Gasteiger partial charge in [0.2, 0.25) is 0 Å². The van der Waals surface area contributed by atoms with Crippen LogP contribution in [0.3, 0.4) is 0 Å². The van der Waals surface area contributed by atoms with Crippen LogP contribution in [0.15, 0.2) is 21.2 Å². The van der Waals surface area contributed by atoms with Gasteiger partial charge in [0.1, 0.15) is 9.75 Å². The van der Waals surface area contributed by atoms with Crippen LogP contribution >= 0.6 is 81.2 Å². The molecule has 2 fully saturated rings. The molecule has 24 heavy (non-hydrogen) atoms. The van der Waals surface area contributed by atoms with Crippen molar-refractivity contribution in [3.63, 3.8) is 0 Å². The highest BCUT2D eigenvalue weighted by molar-refractivity contribution is 6.66. The summed E-state index contributed by atoms with van der Waals surface area (Å²) >= 11 is 43.7. The van der Waals surface area contributed by atoms with Gasteiger partial charge >= 0.3 is 0 Å². The van der Waals surface area contributed by atoms with Gasteiger partial charge in [-0.25, -0.2) is 0 Å². The molecule has 0 spiro atoms. The molecule has 4 atom stereocenters. The number of hydroxylamine groups is 2.